The summed E-state index contributed by atoms with van der Waals surface area (Å²) in [5.41, 5.74) is -0.393. The van der Waals surface area contributed by atoms with Crippen LogP contribution in [0.4, 0.5) is 5.69 Å². The maximum atomic E-state index is 12.6. The van der Waals surface area contributed by atoms with Gasteiger partial charge in [0.05, 0.1) is 11.3 Å². The molecule has 0 atom stereocenters. The summed E-state index contributed by atoms with van der Waals surface area (Å²) in [5, 5.41) is 12.1. The van der Waals surface area contributed by atoms with E-state index in [2.05, 4.69) is 10.0 Å². The highest BCUT2D eigenvalue weighted by atomic mass is 32.2. The number of sulfonamides is 1. The zero-order valence-electron chi connectivity index (χ0n) is 13.8. The first kappa shape index (κ1) is 19.4. The molecule has 0 saturated carbocycles. The molecule has 8 heteroatoms. The monoisotopic (exact) mass is 344 g/mol. The summed E-state index contributed by atoms with van der Waals surface area (Å²) in [6, 6.07) is 4.00. The van der Waals surface area contributed by atoms with Gasteiger partial charge in [-0.25, -0.2) is 17.9 Å². The molecule has 0 saturated heterocycles. The molecule has 0 aliphatic heterocycles. The molecule has 7 nitrogen and oxygen atoms in total. The third-order valence-corrected chi connectivity index (χ3v) is 4.60. The molecule has 3 N–H and O–H groups in total. The Labute approximate surface area is 137 Å². The van der Waals surface area contributed by atoms with Gasteiger partial charge in [-0.05, 0) is 45.4 Å². The predicted octanol–water partition coefficient (Wildman–Crippen LogP) is 1.91. The second-order valence-electron chi connectivity index (χ2n) is 6.14. The number of carboxylic acid groups (broad SMARTS) is 1. The molecule has 0 amide bonds. The van der Waals surface area contributed by atoms with Gasteiger partial charge in [-0.15, -0.1) is 0 Å². The number of nitrogens with one attached hydrogen (secondary N) is 2. The summed E-state index contributed by atoms with van der Waals surface area (Å²) in [6.07, 6.45) is 0.698. The van der Waals surface area contributed by atoms with Crippen molar-refractivity contribution in [2.45, 2.75) is 37.6 Å². The molecule has 23 heavy (non-hydrogen) atoms. The summed E-state index contributed by atoms with van der Waals surface area (Å²) in [5.74, 6) is -1.18. The van der Waals surface area contributed by atoms with Crippen molar-refractivity contribution in [3.05, 3.63) is 23.8 Å². The Morgan fingerprint density at radius 1 is 1.30 bits per heavy atom. The van der Waals surface area contributed by atoms with Crippen molar-refractivity contribution in [1.29, 1.82) is 0 Å². The number of anilines is 1. The van der Waals surface area contributed by atoms with Crippen LogP contribution in [-0.4, -0.2) is 45.3 Å². The smallest absolute Gasteiger partial charge is 0.335 e. The summed E-state index contributed by atoms with van der Waals surface area (Å²) in [4.78, 5) is 11.0. The summed E-state index contributed by atoms with van der Waals surface area (Å²) in [7, 11) is -2.27. The van der Waals surface area contributed by atoms with E-state index in [1.807, 2.05) is 0 Å². The highest BCUT2D eigenvalue weighted by Crippen LogP contribution is 2.24. The number of methoxy groups -OCH3 is 1. The lowest BCUT2D eigenvalue weighted by atomic mass is 10.1. The maximum absolute atomic E-state index is 12.6. The van der Waals surface area contributed by atoms with E-state index in [1.54, 1.807) is 27.9 Å². The van der Waals surface area contributed by atoms with Gasteiger partial charge in [0, 0.05) is 25.8 Å². The molecule has 0 bridgehead atoms. The lowest BCUT2D eigenvalue weighted by molar-refractivity contribution is 0.0696. The van der Waals surface area contributed by atoms with Crippen LogP contribution >= 0.6 is 0 Å². The number of ether oxygens (including phenoxy) is 1. The van der Waals surface area contributed by atoms with E-state index in [0.717, 1.165) is 6.07 Å². The van der Waals surface area contributed by atoms with Crippen LogP contribution in [0, 0.1) is 0 Å². The van der Waals surface area contributed by atoms with E-state index < -0.39 is 21.5 Å². The Hall–Kier alpha value is -1.64. The average molecular weight is 344 g/mol. The lowest BCUT2D eigenvalue weighted by Gasteiger charge is -2.22. The normalized spacial score (nSPS) is 12.2. The van der Waals surface area contributed by atoms with Gasteiger partial charge in [-0.2, -0.15) is 0 Å². The molecular weight excluding hydrogens is 320 g/mol. The fourth-order valence-corrected chi connectivity index (χ4v) is 3.55. The minimum absolute atomic E-state index is 0.0789. The first-order valence-electron chi connectivity index (χ1n) is 7.21. The van der Waals surface area contributed by atoms with Gasteiger partial charge >= 0.3 is 5.97 Å². The molecule has 0 aliphatic carbocycles. The Bertz CT molecular complexity index is 650. The van der Waals surface area contributed by atoms with Gasteiger partial charge in [0.15, 0.2) is 0 Å². The summed E-state index contributed by atoms with van der Waals surface area (Å²) in [6.45, 7) is 6.21. The van der Waals surface area contributed by atoms with E-state index in [0.29, 0.717) is 25.3 Å². The lowest BCUT2D eigenvalue weighted by Crippen LogP contribution is -2.40. The van der Waals surface area contributed by atoms with Crippen molar-refractivity contribution in [3.63, 3.8) is 0 Å². The second kappa shape index (κ2) is 7.76. The minimum Gasteiger partial charge on any atom is -0.478 e. The predicted molar refractivity (Wildman–Crippen MR) is 88.5 cm³/mol. The Morgan fingerprint density at radius 2 is 1.96 bits per heavy atom. The van der Waals surface area contributed by atoms with Crippen LogP contribution in [0.1, 0.15) is 37.6 Å². The quantitative estimate of drug-likeness (QED) is 0.622. The van der Waals surface area contributed by atoms with Crippen LogP contribution < -0.4 is 10.0 Å². The van der Waals surface area contributed by atoms with E-state index in [1.165, 1.54) is 12.1 Å². The molecule has 0 aliphatic rings. The number of benzene rings is 1. The van der Waals surface area contributed by atoms with Crippen LogP contribution in [0.25, 0.3) is 0 Å². The van der Waals surface area contributed by atoms with E-state index in [9.17, 15) is 13.2 Å². The Morgan fingerprint density at radius 3 is 2.48 bits per heavy atom. The average Bonchev–Trinajstić information content (AvgIpc) is 2.40. The molecule has 0 fully saturated rings. The standard InChI is InChI=1S/C15H24N2O5S/c1-15(2,3)17-23(20,21)13-10-11(14(18)19)6-7-12(13)16-8-5-9-22-4/h6-7,10,16-17H,5,8-9H2,1-4H3,(H,18,19). The number of rotatable bonds is 8. The number of carboxylic acids is 1. The van der Waals surface area contributed by atoms with Gasteiger partial charge < -0.3 is 15.2 Å². The summed E-state index contributed by atoms with van der Waals surface area (Å²) < 4.78 is 32.6. The molecule has 0 aromatic heterocycles. The number of hydrogen-bond acceptors (Lipinski definition) is 5. The molecule has 0 spiro atoms. The third kappa shape index (κ3) is 6.17. The van der Waals surface area contributed by atoms with E-state index >= 15 is 0 Å². The topological polar surface area (TPSA) is 105 Å². The van der Waals surface area contributed by atoms with E-state index in [-0.39, 0.29) is 10.5 Å². The zero-order valence-corrected chi connectivity index (χ0v) is 14.7. The second-order valence-corrected chi connectivity index (χ2v) is 7.80. The molecule has 0 unspecified atom stereocenters. The molecule has 130 valence electrons. The van der Waals surface area contributed by atoms with Crippen LogP contribution in [0.2, 0.25) is 0 Å². The van der Waals surface area contributed by atoms with Crippen molar-refractivity contribution >= 4 is 21.7 Å². The largest absolute Gasteiger partial charge is 0.478 e. The van der Waals surface area contributed by atoms with Gasteiger partial charge in [0.25, 0.3) is 0 Å². The highest BCUT2D eigenvalue weighted by molar-refractivity contribution is 7.89. The molecule has 0 heterocycles. The zero-order chi connectivity index (χ0) is 17.7. The highest BCUT2D eigenvalue weighted by Gasteiger charge is 2.25. The SMILES string of the molecule is COCCCNc1ccc(C(=O)O)cc1S(=O)(=O)NC(C)(C)C. The van der Waals surface area contributed by atoms with Crippen molar-refractivity contribution < 1.29 is 23.1 Å². The summed E-state index contributed by atoms with van der Waals surface area (Å²) >= 11 is 0. The molecule has 1 aromatic carbocycles. The van der Waals surface area contributed by atoms with Crippen molar-refractivity contribution in [2.24, 2.45) is 0 Å². The Kier molecular flexibility index (Phi) is 6.55. The fourth-order valence-electron chi connectivity index (χ4n) is 1.92. The third-order valence-electron chi connectivity index (χ3n) is 2.80. The minimum atomic E-state index is -3.85. The first-order chi connectivity index (χ1) is 10.6. The molecule has 1 rings (SSSR count). The number of carbonyl (C=O) groups is 1. The van der Waals surface area contributed by atoms with Crippen LogP contribution in [0.5, 0.6) is 0 Å². The molecule has 0 radical (unpaired) electrons. The van der Waals surface area contributed by atoms with Gasteiger partial charge in [-0.3, -0.25) is 0 Å². The Balaban J connectivity index is 3.18. The number of aromatic carboxylic acids is 1. The number of hydrogen-bond donors (Lipinski definition) is 3. The molecule has 1 aromatic rings. The van der Waals surface area contributed by atoms with E-state index in [4.69, 9.17) is 9.84 Å². The molecular formula is C15H24N2O5S. The first-order valence-corrected chi connectivity index (χ1v) is 8.69. The van der Waals surface area contributed by atoms with Gasteiger partial charge in [0.1, 0.15) is 4.90 Å². The van der Waals surface area contributed by atoms with Crippen LogP contribution in [0.3, 0.4) is 0 Å². The van der Waals surface area contributed by atoms with Crippen molar-refractivity contribution in [1.82, 2.24) is 4.72 Å². The van der Waals surface area contributed by atoms with Crippen molar-refractivity contribution in [3.8, 4) is 0 Å². The maximum Gasteiger partial charge on any atom is 0.335 e. The van der Waals surface area contributed by atoms with Gasteiger partial charge in [-0.1, -0.05) is 0 Å². The van der Waals surface area contributed by atoms with Gasteiger partial charge in [0.2, 0.25) is 10.0 Å². The van der Waals surface area contributed by atoms with Crippen LogP contribution in [0.15, 0.2) is 23.1 Å². The fraction of sp³-hybridized carbons (Fsp3) is 0.533. The van der Waals surface area contributed by atoms with Crippen molar-refractivity contribution in [2.75, 3.05) is 25.6 Å². The van der Waals surface area contributed by atoms with Crippen LogP contribution in [-0.2, 0) is 14.8 Å².